The molecule has 2 aromatic rings. The minimum Gasteiger partial charge on any atom is -0.478 e. The van der Waals surface area contributed by atoms with E-state index in [2.05, 4.69) is 17.2 Å². The number of carbonyl (C=O) groups is 2. The Morgan fingerprint density at radius 1 is 1.05 bits per heavy atom. The largest absolute Gasteiger partial charge is 0.478 e. The van der Waals surface area contributed by atoms with Crippen molar-refractivity contribution in [1.29, 1.82) is 0 Å². The molecule has 0 saturated carbocycles. The fourth-order valence-electron chi connectivity index (χ4n) is 1.65. The predicted octanol–water partition coefficient (Wildman–Crippen LogP) is 2.51. The minimum absolute atomic E-state index is 0.130. The molecule has 0 fully saturated rings. The lowest BCUT2D eigenvalue weighted by Crippen LogP contribution is -2.13. The maximum atomic E-state index is 13.4. The Kier molecular flexibility index (Phi) is 4.32. The van der Waals surface area contributed by atoms with Crippen LogP contribution < -0.4 is 5.32 Å². The molecule has 1 amide bonds. The summed E-state index contributed by atoms with van der Waals surface area (Å²) in [6.07, 6.45) is 0. The number of nitrogens with one attached hydrogen (secondary N) is 1. The topological polar surface area (TPSA) is 66.4 Å². The minimum atomic E-state index is -1.46. The summed E-state index contributed by atoms with van der Waals surface area (Å²) in [5, 5.41) is 11.2. The van der Waals surface area contributed by atoms with Crippen molar-refractivity contribution in [2.75, 3.05) is 5.32 Å². The summed E-state index contributed by atoms with van der Waals surface area (Å²) >= 11 is 0. The van der Waals surface area contributed by atoms with Gasteiger partial charge >= 0.3 is 11.9 Å². The maximum Gasteiger partial charge on any atom is 0.340 e. The van der Waals surface area contributed by atoms with Gasteiger partial charge in [0.05, 0.1) is 5.69 Å². The van der Waals surface area contributed by atoms with E-state index < -0.39 is 23.3 Å². The summed E-state index contributed by atoms with van der Waals surface area (Å²) in [5.74, 6) is 1.85. The zero-order chi connectivity index (χ0) is 15.2. The molecule has 0 atom stereocenters. The molecule has 2 aromatic carbocycles. The van der Waals surface area contributed by atoms with Crippen LogP contribution in [0.4, 0.5) is 10.1 Å². The summed E-state index contributed by atoms with van der Waals surface area (Å²) in [6.45, 7) is 0. The second-order valence-electron chi connectivity index (χ2n) is 4.04. The molecule has 0 aromatic heterocycles. The number of hydrogen-bond acceptors (Lipinski definition) is 2. The number of rotatable bonds is 2. The molecule has 5 heteroatoms. The lowest BCUT2D eigenvalue weighted by atomic mass is 10.1. The van der Waals surface area contributed by atoms with Gasteiger partial charge in [0, 0.05) is 11.5 Å². The Hall–Kier alpha value is -3.13. The van der Waals surface area contributed by atoms with E-state index in [-0.39, 0.29) is 5.69 Å². The lowest BCUT2D eigenvalue weighted by Gasteiger charge is -2.06. The van der Waals surface area contributed by atoms with E-state index in [0.29, 0.717) is 5.56 Å². The van der Waals surface area contributed by atoms with Crippen LogP contribution in [0.1, 0.15) is 15.9 Å². The monoisotopic (exact) mass is 283 g/mol. The number of hydrogen-bond donors (Lipinski definition) is 2. The molecule has 2 rings (SSSR count). The fourth-order valence-corrected chi connectivity index (χ4v) is 1.65. The van der Waals surface area contributed by atoms with Crippen molar-refractivity contribution in [1.82, 2.24) is 0 Å². The standard InChI is InChI=1S/C16H10FNO3/c17-12-7-4-8-13(15(12)16(20)21)18-14(19)10-9-11-5-2-1-3-6-11/h1-8H,(H,18,19)(H,20,21). The van der Waals surface area contributed by atoms with Crippen LogP contribution in [0.25, 0.3) is 0 Å². The van der Waals surface area contributed by atoms with Crippen LogP contribution in [0, 0.1) is 17.7 Å². The van der Waals surface area contributed by atoms with Crippen LogP contribution in [0.3, 0.4) is 0 Å². The van der Waals surface area contributed by atoms with Crippen molar-refractivity contribution >= 4 is 17.6 Å². The molecule has 21 heavy (non-hydrogen) atoms. The first-order valence-electron chi connectivity index (χ1n) is 5.98. The van der Waals surface area contributed by atoms with Crippen molar-refractivity contribution in [2.45, 2.75) is 0 Å². The van der Waals surface area contributed by atoms with E-state index in [1.807, 2.05) is 6.07 Å². The lowest BCUT2D eigenvalue weighted by molar-refractivity contribution is -0.111. The molecular formula is C16H10FNO3. The van der Waals surface area contributed by atoms with E-state index >= 15 is 0 Å². The number of carboxylic acid groups (broad SMARTS) is 1. The zero-order valence-corrected chi connectivity index (χ0v) is 10.8. The molecule has 0 aliphatic carbocycles. The normalized spacial score (nSPS) is 9.38. The van der Waals surface area contributed by atoms with Gasteiger partial charge in [-0.3, -0.25) is 4.79 Å². The van der Waals surface area contributed by atoms with Crippen LogP contribution in [0.15, 0.2) is 48.5 Å². The summed E-state index contributed by atoms with van der Waals surface area (Å²) < 4.78 is 13.4. The van der Waals surface area contributed by atoms with Gasteiger partial charge < -0.3 is 10.4 Å². The predicted molar refractivity (Wildman–Crippen MR) is 75.3 cm³/mol. The Labute approximate surface area is 120 Å². The van der Waals surface area contributed by atoms with Crippen LogP contribution in [-0.2, 0) is 4.79 Å². The summed E-state index contributed by atoms with van der Waals surface area (Å²) in [7, 11) is 0. The molecule has 0 spiro atoms. The van der Waals surface area contributed by atoms with Gasteiger partial charge in [0.2, 0.25) is 0 Å². The summed E-state index contributed by atoms with van der Waals surface area (Å²) in [5.41, 5.74) is -0.0763. The SMILES string of the molecule is O=C(C#Cc1ccccc1)Nc1cccc(F)c1C(=O)O. The first kappa shape index (κ1) is 14.3. The molecule has 0 heterocycles. The number of anilines is 1. The molecular weight excluding hydrogens is 273 g/mol. The van der Waals surface area contributed by atoms with Crippen LogP contribution in [0.2, 0.25) is 0 Å². The van der Waals surface area contributed by atoms with Crippen molar-refractivity contribution in [2.24, 2.45) is 0 Å². The van der Waals surface area contributed by atoms with Gasteiger partial charge in [0.15, 0.2) is 0 Å². The number of halogens is 1. The Bertz CT molecular complexity index is 745. The molecule has 104 valence electrons. The van der Waals surface area contributed by atoms with E-state index in [1.165, 1.54) is 12.1 Å². The third-order valence-electron chi connectivity index (χ3n) is 2.57. The number of benzene rings is 2. The number of aromatic carboxylic acids is 1. The third kappa shape index (κ3) is 3.67. The number of carbonyl (C=O) groups excluding carboxylic acids is 1. The second kappa shape index (κ2) is 6.35. The maximum absolute atomic E-state index is 13.4. The molecule has 0 saturated heterocycles. The highest BCUT2D eigenvalue weighted by molar-refractivity contribution is 6.07. The molecule has 0 aliphatic rings. The summed E-state index contributed by atoms with van der Waals surface area (Å²) in [4.78, 5) is 22.6. The Morgan fingerprint density at radius 2 is 1.76 bits per heavy atom. The van der Waals surface area contributed by atoms with Crippen molar-refractivity contribution < 1.29 is 19.1 Å². The highest BCUT2D eigenvalue weighted by atomic mass is 19.1. The molecule has 4 nitrogen and oxygen atoms in total. The Morgan fingerprint density at radius 3 is 2.43 bits per heavy atom. The Balaban J connectivity index is 2.20. The van der Waals surface area contributed by atoms with Gasteiger partial charge in [0.1, 0.15) is 11.4 Å². The van der Waals surface area contributed by atoms with E-state index in [1.54, 1.807) is 24.3 Å². The van der Waals surface area contributed by atoms with Gasteiger partial charge in [-0.05, 0) is 24.3 Å². The van der Waals surface area contributed by atoms with E-state index in [4.69, 9.17) is 5.11 Å². The van der Waals surface area contributed by atoms with Crippen molar-refractivity contribution in [3.05, 3.63) is 65.5 Å². The number of carboxylic acids is 1. The van der Waals surface area contributed by atoms with Crippen LogP contribution in [-0.4, -0.2) is 17.0 Å². The average Bonchev–Trinajstić information content (AvgIpc) is 2.46. The van der Waals surface area contributed by atoms with Crippen molar-refractivity contribution in [3.63, 3.8) is 0 Å². The fraction of sp³-hybridized carbons (Fsp3) is 0. The van der Waals surface area contributed by atoms with Crippen molar-refractivity contribution in [3.8, 4) is 11.8 Å². The van der Waals surface area contributed by atoms with Crippen LogP contribution in [0.5, 0.6) is 0 Å². The van der Waals surface area contributed by atoms with E-state index in [9.17, 15) is 14.0 Å². The van der Waals surface area contributed by atoms with E-state index in [0.717, 1.165) is 6.07 Å². The van der Waals surface area contributed by atoms with Gasteiger partial charge in [0.25, 0.3) is 0 Å². The highest BCUT2D eigenvalue weighted by Gasteiger charge is 2.16. The number of amides is 1. The van der Waals surface area contributed by atoms with Gasteiger partial charge in [-0.1, -0.05) is 30.2 Å². The quantitative estimate of drug-likeness (QED) is 0.832. The zero-order valence-electron chi connectivity index (χ0n) is 10.8. The first-order chi connectivity index (χ1) is 10.1. The molecule has 0 bridgehead atoms. The summed E-state index contributed by atoms with van der Waals surface area (Å²) in [6, 6.07) is 12.4. The van der Waals surface area contributed by atoms with Gasteiger partial charge in [-0.2, -0.15) is 0 Å². The molecule has 2 N–H and O–H groups in total. The first-order valence-corrected chi connectivity index (χ1v) is 5.98. The van der Waals surface area contributed by atoms with Gasteiger partial charge in [-0.25, -0.2) is 9.18 Å². The molecule has 0 radical (unpaired) electrons. The van der Waals surface area contributed by atoms with Crippen LogP contribution >= 0.6 is 0 Å². The highest BCUT2D eigenvalue weighted by Crippen LogP contribution is 2.18. The molecule has 0 unspecified atom stereocenters. The molecule has 0 aliphatic heterocycles. The smallest absolute Gasteiger partial charge is 0.340 e. The third-order valence-corrected chi connectivity index (χ3v) is 2.57. The average molecular weight is 283 g/mol. The van der Waals surface area contributed by atoms with Gasteiger partial charge in [-0.15, -0.1) is 0 Å². The second-order valence-corrected chi connectivity index (χ2v) is 4.04.